The molecule has 1 fully saturated rings. The van der Waals surface area contributed by atoms with E-state index in [0.29, 0.717) is 36.5 Å². The van der Waals surface area contributed by atoms with Gasteiger partial charge in [0, 0.05) is 38.4 Å². The number of halogens is 1. The third kappa shape index (κ3) is 4.33. The number of piperazine rings is 1. The Morgan fingerprint density at radius 3 is 2.10 bits per heavy atom. The van der Waals surface area contributed by atoms with E-state index in [0.717, 1.165) is 38.0 Å². The van der Waals surface area contributed by atoms with E-state index < -0.39 is 0 Å². The quantitative estimate of drug-likeness (QED) is 0.502. The van der Waals surface area contributed by atoms with Gasteiger partial charge in [-0.2, -0.15) is 0 Å². The van der Waals surface area contributed by atoms with Gasteiger partial charge in [-0.3, -0.25) is 14.5 Å². The fraction of sp³-hybridized carbons (Fsp3) is 0.360. The summed E-state index contributed by atoms with van der Waals surface area (Å²) in [4.78, 5) is 32.3. The number of carbonyl (C=O) groups is 2. The summed E-state index contributed by atoms with van der Waals surface area (Å²) in [6.07, 6.45) is 2.77. The van der Waals surface area contributed by atoms with Crippen LogP contribution in [-0.4, -0.2) is 54.3 Å². The summed E-state index contributed by atoms with van der Waals surface area (Å²) in [6, 6.07) is 16.0. The van der Waals surface area contributed by atoms with Gasteiger partial charge in [0.05, 0.1) is 5.57 Å². The number of amides is 2. The Bertz CT molecular complexity index is 964. The SMILES string of the molecule is CCCCCN1C(=O)C(c2ccc(F)cc2)=C(N2CCN(c3ccccc3)CC2)C1=O. The zero-order chi connectivity index (χ0) is 21.8. The molecule has 0 aromatic heterocycles. The molecule has 2 aromatic rings. The molecular formula is C25H28FN3O2. The Labute approximate surface area is 182 Å². The number of para-hydroxylation sites is 1. The average molecular weight is 422 g/mol. The highest BCUT2D eigenvalue weighted by Gasteiger charge is 2.41. The molecule has 0 aliphatic carbocycles. The number of hydrogen-bond acceptors (Lipinski definition) is 4. The van der Waals surface area contributed by atoms with Crippen molar-refractivity contribution in [2.24, 2.45) is 0 Å². The van der Waals surface area contributed by atoms with Crippen molar-refractivity contribution in [3.8, 4) is 0 Å². The van der Waals surface area contributed by atoms with Crippen LogP contribution >= 0.6 is 0 Å². The first-order valence-electron chi connectivity index (χ1n) is 11.0. The van der Waals surface area contributed by atoms with Gasteiger partial charge in [-0.1, -0.05) is 50.1 Å². The highest BCUT2D eigenvalue weighted by molar-refractivity contribution is 6.35. The molecule has 162 valence electrons. The molecule has 1 saturated heterocycles. The van der Waals surface area contributed by atoms with Crippen molar-refractivity contribution in [3.05, 3.63) is 71.7 Å². The van der Waals surface area contributed by atoms with Crippen molar-refractivity contribution in [3.63, 3.8) is 0 Å². The molecule has 0 N–H and O–H groups in total. The van der Waals surface area contributed by atoms with Crippen molar-refractivity contribution >= 4 is 23.1 Å². The van der Waals surface area contributed by atoms with E-state index >= 15 is 0 Å². The van der Waals surface area contributed by atoms with E-state index in [9.17, 15) is 14.0 Å². The highest BCUT2D eigenvalue weighted by atomic mass is 19.1. The van der Waals surface area contributed by atoms with Gasteiger partial charge >= 0.3 is 0 Å². The van der Waals surface area contributed by atoms with Gasteiger partial charge in [0.2, 0.25) is 0 Å². The van der Waals surface area contributed by atoms with Gasteiger partial charge in [-0.15, -0.1) is 0 Å². The molecular weight excluding hydrogens is 393 g/mol. The summed E-state index contributed by atoms with van der Waals surface area (Å²) in [6.45, 7) is 5.34. The lowest BCUT2D eigenvalue weighted by Gasteiger charge is -2.37. The van der Waals surface area contributed by atoms with Crippen LogP contribution in [-0.2, 0) is 9.59 Å². The second-order valence-corrected chi connectivity index (χ2v) is 8.01. The van der Waals surface area contributed by atoms with Crippen molar-refractivity contribution < 1.29 is 14.0 Å². The van der Waals surface area contributed by atoms with Crippen LogP contribution in [0, 0.1) is 5.82 Å². The summed E-state index contributed by atoms with van der Waals surface area (Å²) in [5.41, 5.74) is 2.61. The number of benzene rings is 2. The first-order valence-corrected chi connectivity index (χ1v) is 11.0. The predicted octanol–water partition coefficient (Wildman–Crippen LogP) is 3.92. The largest absolute Gasteiger partial charge is 0.368 e. The number of anilines is 1. The van der Waals surface area contributed by atoms with Gasteiger partial charge in [0.1, 0.15) is 11.5 Å². The number of hydrogen-bond donors (Lipinski definition) is 0. The van der Waals surface area contributed by atoms with Gasteiger partial charge in [-0.25, -0.2) is 4.39 Å². The first-order chi connectivity index (χ1) is 15.1. The normalized spacial score (nSPS) is 17.2. The maximum Gasteiger partial charge on any atom is 0.277 e. The summed E-state index contributed by atoms with van der Waals surface area (Å²) in [7, 11) is 0. The van der Waals surface area contributed by atoms with Crippen LogP contribution in [0.25, 0.3) is 5.57 Å². The van der Waals surface area contributed by atoms with E-state index in [1.165, 1.54) is 17.0 Å². The molecule has 2 amide bonds. The van der Waals surface area contributed by atoms with Crippen molar-refractivity contribution in [1.29, 1.82) is 0 Å². The Hall–Kier alpha value is -3.15. The van der Waals surface area contributed by atoms with Crippen LogP contribution < -0.4 is 4.90 Å². The van der Waals surface area contributed by atoms with E-state index in [2.05, 4.69) is 24.0 Å². The molecule has 0 saturated carbocycles. The Balaban J connectivity index is 1.60. The molecule has 0 radical (unpaired) electrons. The number of unbranched alkanes of at least 4 members (excludes halogenated alkanes) is 2. The smallest absolute Gasteiger partial charge is 0.277 e. The highest BCUT2D eigenvalue weighted by Crippen LogP contribution is 2.33. The minimum Gasteiger partial charge on any atom is -0.368 e. The van der Waals surface area contributed by atoms with E-state index in [1.54, 1.807) is 12.1 Å². The maximum absolute atomic E-state index is 13.5. The fourth-order valence-corrected chi connectivity index (χ4v) is 4.28. The number of nitrogens with zero attached hydrogens (tertiary/aromatic N) is 3. The molecule has 31 heavy (non-hydrogen) atoms. The molecule has 0 atom stereocenters. The van der Waals surface area contributed by atoms with Crippen LogP contribution in [0.15, 0.2) is 60.3 Å². The summed E-state index contributed by atoms with van der Waals surface area (Å²) in [5.74, 6) is -0.860. The van der Waals surface area contributed by atoms with Crippen LogP contribution in [0.4, 0.5) is 10.1 Å². The number of carbonyl (C=O) groups excluding carboxylic acids is 2. The van der Waals surface area contributed by atoms with Gasteiger partial charge in [0.25, 0.3) is 11.8 Å². The second kappa shape index (κ2) is 9.33. The van der Waals surface area contributed by atoms with Crippen LogP contribution in [0.3, 0.4) is 0 Å². The van der Waals surface area contributed by atoms with Gasteiger partial charge in [0.15, 0.2) is 0 Å². The summed E-state index contributed by atoms with van der Waals surface area (Å²) in [5, 5.41) is 0. The van der Waals surface area contributed by atoms with Crippen molar-refractivity contribution in [1.82, 2.24) is 9.80 Å². The lowest BCUT2D eigenvalue weighted by atomic mass is 10.0. The molecule has 6 heteroatoms. The molecule has 5 nitrogen and oxygen atoms in total. The third-order valence-corrected chi connectivity index (χ3v) is 5.98. The summed E-state index contributed by atoms with van der Waals surface area (Å²) < 4.78 is 13.5. The zero-order valence-electron chi connectivity index (χ0n) is 17.9. The van der Waals surface area contributed by atoms with E-state index in [1.807, 2.05) is 23.1 Å². The Morgan fingerprint density at radius 2 is 1.45 bits per heavy atom. The maximum atomic E-state index is 13.5. The Morgan fingerprint density at radius 1 is 0.806 bits per heavy atom. The van der Waals surface area contributed by atoms with Gasteiger partial charge < -0.3 is 9.80 Å². The predicted molar refractivity (Wildman–Crippen MR) is 120 cm³/mol. The topological polar surface area (TPSA) is 43.9 Å². The standard InChI is InChI=1S/C25H28FN3O2/c1-2-3-7-14-29-24(30)22(19-10-12-20(26)13-11-19)23(25(29)31)28-17-15-27(16-18-28)21-8-5-4-6-9-21/h4-6,8-13H,2-3,7,14-18H2,1H3. The number of imide groups is 1. The van der Waals surface area contributed by atoms with E-state index in [4.69, 9.17) is 0 Å². The molecule has 2 heterocycles. The molecule has 2 aromatic carbocycles. The van der Waals surface area contributed by atoms with Crippen molar-refractivity contribution in [2.75, 3.05) is 37.6 Å². The van der Waals surface area contributed by atoms with Crippen molar-refractivity contribution in [2.45, 2.75) is 26.2 Å². The third-order valence-electron chi connectivity index (χ3n) is 5.98. The molecule has 0 unspecified atom stereocenters. The van der Waals surface area contributed by atoms with Crippen LogP contribution in [0.2, 0.25) is 0 Å². The lowest BCUT2D eigenvalue weighted by molar-refractivity contribution is -0.137. The lowest BCUT2D eigenvalue weighted by Crippen LogP contribution is -2.47. The minimum absolute atomic E-state index is 0.228. The minimum atomic E-state index is -0.362. The average Bonchev–Trinajstić information content (AvgIpc) is 3.05. The number of rotatable bonds is 7. The Kier molecular flexibility index (Phi) is 6.35. The van der Waals surface area contributed by atoms with Crippen LogP contribution in [0.1, 0.15) is 31.7 Å². The van der Waals surface area contributed by atoms with Crippen LogP contribution in [0.5, 0.6) is 0 Å². The molecule has 0 bridgehead atoms. The first kappa shape index (κ1) is 21.1. The molecule has 2 aliphatic heterocycles. The molecule has 0 spiro atoms. The molecule has 2 aliphatic rings. The monoisotopic (exact) mass is 421 g/mol. The summed E-state index contributed by atoms with van der Waals surface area (Å²) >= 11 is 0. The van der Waals surface area contributed by atoms with Gasteiger partial charge in [-0.05, 0) is 36.2 Å². The molecule has 4 rings (SSSR count). The van der Waals surface area contributed by atoms with E-state index in [-0.39, 0.29) is 17.6 Å². The fourth-order valence-electron chi connectivity index (χ4n) is 4.28. The second-order valence-electron chi connectivity index (χ2n) is 8.01. The zero-order valence-corrected chi connectivity index (χ0v) is 17.9.